The number of carbonyl (C=O) groups excluding carboxylic acids is 1. The van der Waals surface area contributed by atoms with Gasteiger partial charge < -0.3 is 20.6 Å². The van der Waals surface area contributed by atoms with Crippen LogP contribution in [0.3, 0.4) is 0 Å². The maximum atomic E-state index is 11.4. The molecule has 2 unspecified atom stereocenters. The quantitative estimate of drug-likeness (QED) is 0.700. The topological polar surface area (TPSA) is 88.5 Å². The minimum atomic E-state index is -0.675. The fraction of sp³-hybridized carbons (Fsp3) is 0.444. The largest absolute Gasteiger partial charge is 0.440 e. The summed E-state index contributed by atoms with van der Waals surface area (Å²) in [6.45, 7) is 1.73. The predicted octanol–water partition coefficient (Wildman–Crippen LogP) is 0.371. The molecule has 1 amide bonds. The summed E-state index contributed by atoms with van der Waals surface area (Å²) in [4.78, 5) is 11.4. The summed E-state index contributed by atoms with van der Waals surface area (Å²) >= 11 is 5.51. The molecule has 0 aromatic carbocycles. The Morgan fingerprint density at radius 1 is 1.73 bits per heavy atom. The Labute approximate surface area is 92.2 Å². The van der Waals surface area contributed by atoms with Gasteiger partial charge in [0.25, 0.3) is 5.91 Å². The lowest BCUT2D eigenvalue weighted by atomic mass is 10.2. The van der Waals surface area contributed by atoms with Crippen molar-refractivity contribution in [3.63, 3.8) is 0 Å². The number of hydrogen-bond acceptors (Lipinski definition) is 4. The summed E-state index contributed by atoms with van der Waals surface area (Å²) in [6, 6.07) is 2.44. The first-order chi connectivity index (χ1) is 7.00. The van der Waals surface area contributed by atoms with Gasteiger partial charge in [0, 0.05) is 12.6 Å². The molecule has 2 atom stereocenters. The van der Waals surface area contributed by atoms with Crippen LogP contribution in [0.2, 0.25) is 5.22 Å². The van der Waals surface area contributed by atoms with Crippen molar-refractivity contribution < 1.29 is 14.3 Å². The Morgan fingerprint density at radius 3 is 2.87 bits per heavy atom. The number of nitrogens with two attached hydrogens (primary N) is 1. The van der Waals surface area contributed by atoms with Crippen molar-refractivity contribution in [1.29, 1.82) is 0 Å². The molecule has 0 radical (unpaired) electrons. The molecule has 15 heavy (non-hydrogen) atoms. The zero-order valence-corrected chi connectivity index (χ0v) is 8.99. The van der Waals surface area contributed by atoms with Crippen LogP contribution in [0.15, 0.2) is 16.5 Å². The highest BCUT2D eigenvalue weighted by Gasteiger charge is 2.14. The van der Waals surface area contributed by atoms with E-state index in [1.54, 1.807) is 6.92 Å². The molecule has 1 aromatic rings. The van der Waals surface area contributed by atoms with Gasteiger partial charge in [-0.2, -0.15) is 0 Å². The van der Waals surface area contributed by atoms with Crippen LogP contribution in [0, 0.1) is 0 Å². The number of furan rings is 1. The fourth-order valence-electron chi connectivity index (χ4n) is 0.905. The first-order valence-electron chi connectivity index (χ1n) is 4.48. The summed E-state index contributed by atoms with van der Waals surface area (Å²) in [6.07, 6.45) is -0.675. The second-order valence-electron chi connectivity index (χ2n) is 3.22. The van der Waals surface area contributed by atoms with Crippen molar-refractivity contribution in [2.75, 3.05) is 6.54 Å². The van der Waals surface area contributed by atoms with E-state index in [2.05, 4.69) is 5.32 Å². The van der Waals surface area contributed by atoms with E-state index in [1.807, 2.05) is 0 Å². The lowest BCUT2D eigenvalue weighted by Gasteiger charge is -2.14. The Bertz CT molecular complexity index is 338. The van der Waals surface area contributed by atoms with Gasteiger partial charge in [0.15, 0.2) is 11.0 Å². The molecule has 0 saturated heterocycles. The Morgan fingerprint density at radius 2 is 2.40 bits per heavy atom. The van der Waals surface area contributed by atoms with Gasteiger partial charge in [0.05, 0.1) is 6.10 Å². The van der Waals surface area contributed by atoms with Crippen molar-refractivity contribution in [1.82, 2.24) is 5.32 Å². The Balaban J connectivity index is 2.43. The average Bonchev–Trinajstić information content (AvgIpc) is 2.60. The van der Waals surface area contributed by atoms with Crippen LogP contribution < -0.4 is 11.1 Å². The van der Waals surface area contributed by atoms with Crippen LogP contribution in [-0.2, 0) is 0 Å². The first kappa shape index (κ1) is 12.0. The predicted molar refractivity (Wildman–Crippen MR) is 55.7 cm³/mol. The number of hydrogen-bond donors (Lipinski definition) is 3. The normalized spacial score (nSPS) is 14.7. The maximum Gasteiger partial charge on any atom is 0.287 e. The van der Waals surface area contributed by atoms with Crippen molar-refractivity contribution >= 4 is 17.5 Å². The number of nitrogens with one attached hydrogen (secondary N) is 1. The van der Waals surface area contributed by atoms with Crippen LogP contribution >= 0.6 is 11.6 Å². The lowest BCUT2D eigenvalue weighted by molar-refractivity contribution is 0.0910. The molecule has 6 heteroatoms. The molecule has 0 aliphatic rings. The molecule has 4 N–H and O–H groups in total. The SMILES string of the molecule is CC(O)C(N)CNC(=O)c1ccc(Cl)o1. The minimum absolute atomic E-state index is 0.123. The van der Waals surface area contributed by atoms with Gasteiger partial charge in [-0.25, -0.2) is 0 Å². The highest BCUT2D eigenvalue weighted by atomic mass is 35.5. The molecule has 1 rings (SSSR count). The summed E-state index contributed by atoms with van der Waals surface area (Å²) in [5.74, 6) is -0.282. The summed E-state index contributed by atoms with van der Waals surface area (Å²) in [7, 11) is 0. The maximum absolute atomic E-state index is 11.4. The number of aliphatic hydroxyl groups excluding tert-OH is 1. The Kier molecular flexibility index (Phi) is 4.14. The molecular formula is C9H13ClN2O3. The molecule has 0 saturated carbocycles. The molecule has 1 aromatic heterocycles. The highest BCUT2D eigenvalue weighted by Crippen LogP contribution is 2.12. The second kappa shape index (κ2) is 5.16. The molecule has 5 nitrogen and oxygen atoms in total. The minimum Gasteiger partial charge on any atom is -0.440 e. The third-order valence-corrected chi connectivity index (χ3v) is 2.12. The molecule has 0 aliphatic carbocycles. The van der Waals surface area contributed by atoms with Crippen LogP contribution in [-0.4, -0.2) is 29.7 Å². The summed E-state index contributed by atoms with van der Waals surface area (Å²) in [5, 5.41) is 11.8. The van der Waals surface area contributed by atoms with Crippen molar-refractivity contribution in [2.24, 2.45) is 5.73 Å². The first-order valence-corrected chi connectivity index (χ1v) is 4.85. The number of halogens is 1. The molecular weight excluding hydrogens is 220 g/mol. The van der Waals surface area contributed by atoms with E-state index in [0.717, 1.165) is 0 Å². The third kappa shape index (κ3) is 3.54. The van der Waals surface area contributed by atoms with E-state index in [9.17, 15) is 4.79 Å². The average molecular weight is 233 g/mol. The van der Waals surface area contributed by atoms with E-state index in [1.165, 1.54) is 12.1 Å². The molecule has 0 aliphatic heterocycles. The molecule has 0 bridgehead atoms. The van der Waals surface area contributed by atoms with E-state index in [0.29, 0.717) is 0 Å². The smallest absolute Gasteiger partial charge is 0.287 e. The second-order valence-corrected chi connectivity index (χ2v) is 3.59. The number of aliphatic hydroxyl groups is 1. The fourth-order valence-corrected chi connectivity index (χ4v) is 1.05. The van der Waals surface area contributed by atoms with Crippen molar-refractivity contribution in [2.45, 2.75) is 19.1 Å². The van der Waals surface area contributed by atoms with E-state index < -0.39 is 18.1 Å². The van der Waals surface area contributed by atoms with Crippen LogP contribution in [0.4, 0.5) is 0 Å². The standard InChI is InChI=1S/C9H13ClN2O3/c1-5(13)6(11)4-12-9(14)7-2-3-8(10)15-7/h2-3,5-6,13H,4,11H2,1H3,(H,12,14). The van der Waals surface area contributed by atoms with Gasteiger partial charge in [0.1, 0.15) is 0 Å². The van der Waals surface area contributed by atoms with E-state index in [4.69, 9.17) is 26.9 Å². The van der Waals surface area contributed by atoms with E-state index in [-0.39, 0.29) is 17.5 Å². The monoisotopic (exact) mass is 232 g/mol. The van der Waals surface area contributed by atoms with Crippen molar-refractivity contribution in [3.05, 3.63) is 23.1 Å². The zero-order chi connectivity index (χ0) is 11.4. The highest BCUT2D eigenvalue weighted by molar-refractivity contribution is 6.29. The molecule has 0 spiro atoms. The van der Waals surface area contributed by atoms with E-state index >= 15 is 0 Å². The number of amides is 1. The molecule has 84 valence electrons. The van der Waals surface area contributed by atoms with Gasteiger partial charge >= 0.3 is 0 Å². The van der Waals surface area contributed by atoms with Gasteiger partial charge in [-0.3, -0.25) is 4.79 Å². The van der Waals surface area contributed by atoms with Crippen molar-refractivity contribution in [3.8, 4) is 0 Å². The third-order valence-electron chi connectivity index (χ3n) is 1.91. The molecule has 0 fully saturated rings. The van der Waals surface area contributed by atoms with Gasteiger partial charge in [-0.15, -0.1) is 0 Å². The van der Waals surface area contributed by atoms with Gasteiger partial charge in [-0.05, 0) is 30.7 Å². The zero-order valence-electron chi connectivity index (χ0n) is 8.24. The van der Waals surface area contributed by atoms with Crippen LogP contribution in [0.1, 0.15) is 17.5 Å². The number of carbonyl (C=O) groups is 1. The van der Waals surface area contributed by atoms with Crippen LogP contribution in [0.25, 0.3) is 0 Å². The lowest BCUT2D eigenvalue weighted by Crippen LogP contribution is -2.43. The summed E-state index contributed by atoms with van der Waals surface area (Å²) in [5.41, 5.74) is 5.53. The van der Waals surface area contributed by atoms with Crippen LogP contribution in [0.5, 0.6) is 0 Å². The number of rotatable bonds is 4. The molecule has 1 heterocycles. The Hall–Kier alpha value is -1.04. The van der Waals surface area contributed by atoms with Gasteiger partial charge in [0.2, 0.25) is 0 Å². The van der Waals surface area contributed by atoms with Gasteiger partial charge in [-0.1, -0.05) is 0 Å². The summed E-state index contributed by atoms with van der Waals surface area (Å²) < 4.78 is 4.89.